The molecule has 0 saturated carbocycles. The molecule has 3 aromatic rings. The van der Waals surface area contributed by atoms with Crippen molar-refractivity contribution in [3.63, 3.8) is 0 Å². The summed E-state index contributed by atoms with van der Waals surface area (Å²) in [6, 6.07) is 15.1. The summed E-state index contributed by atoms with van der Waals surface area (Å²) in [6.45, 7) is 0. The number of fused-ring (bicyclic) bond motifs is 2. The number of hydrogen-bond acceptors (Lipinski definition) is 3. The minimum Gasteiger partial charge on any atom is -0.378 e. The number of rotatable bonds is 3. The summed E-state index contributed by atoms with van der Waals surface area (Å²) < 4.78 is 0. The number of anilines is 1. The van der Waals surface area contributed by atoms with Crippen LogP contribution in [0.3, 0.4) is 0 Å². The first-order valence-electron chi connectivity index (χ1n) is 9.79. The van der Waals surface area contributed by atoms with Crippen LogP contribution >= 0.6 is 0 Å². The van der Waals surface area contributed by atoms with Crippen LogP contribution in [0.15, 0.2) is 42.5 Å². The predicted octanol–water partition coefficient (Wildman–Crippen LogP) is 5.49. The zero-order chi connectivity index (χ0) is 18.2. The van der Waals surface area contributed by atoms with Crippen LogP contribution in [0, 0.1) is 11.3 Å². The number of nitrogens with one attached hydrogen (secondary N) is 2. The minimum absolute atomic E-state index is 0.292. The molecule has 2 aromatic carbocycles. The summed E-state index contributed by atoms with van der Waals surface area (Å²) in [7, 11) is 0. The van der Waals surface area contributed by atoms with Crippen LogP contribution in [0.4, 0.5) is 5.69 Å². The van der Waals surface area contributed by atoms with Gasteiger partial charge in [0.05, 0.1) is 28.9 Å². The second kappa shape index (κ2) is 6.59. The Labute approximate surface area is 158 Å². The number of aromatic amines is 1. The number of aromatic nitrogens is 2. The van der Waals surface area contributed by atoms with Gasteiger partial charge in [0.25, 0.3) is 0 Å². The molecule has 0 bridgehead atoms. The molecule has 0 fully saturated rings. The lowest BCUT2D eigenvalue weighted by molar-refractivity contribution is 0.600. The second-order valence-corrected chi connectivity index (χ2v) is 7.57. The fourth-order valence-corrected chi connectivity index (χ4v) is 4.47. The molecule has 0 radical (unpaired) electrons. The van der Waals surface area contributed by atoms with Gasteiger partial charge in [-0.05, 0) is 85.6 Å². The van der Waals surface area contributed by atoms with Crippen molar-refractivity contribution in [2.24, 2.45) is 0 Å². The predicted molar refractivity (Wildman–Crippen MR) is 108 cm³/mol. The van der Waals surface area contributed by atoms with Gasteiger partial charge in [0.2, 0.25) is 0 Å². The van der Waals surface area contributed by atoms with Crippen molar-refractivity contribution >= 4 is 22.2 Å². The van der Waals surface area contributed by atoms with Crippen LogP contribution in [-0.2, 0) is 6.42 Å². The van der Waals surface area contributed by atoms with Crippen molar-refractivity contribution in [2.75, 3.05) is 5.32 Å². The SMILES string of the molecule is N#Cc1ccc2c(c1)CCC[C@@H]2Nc1ccc2[nH]nc(C3=CCCC3)c2c1. The van der Waals surface area contributed by atoms with Crippen molar-refractivity contribution in [1.29, 1.82) is 5.26 Å². The highest BCUT2D eigenvalue weighted by Gasteiger charge is 2.21. The number of benzene rings is 2. The van der Waals surface area contributed by atoms with Crippen molar-refractivity contribution in [3.05, 3.63) is 64.9 Å². The number of nitrogens with zero attached hydrogens (tertiary/aromatic N) is 2. The standard InChI is InChI=1S/C23H22N4/c24-14-15-8-10-19-17(12-15)6-3-7-21(19)25-18-9-11-22-20(13-18)23(27-26-22)16-4-1-2-5-16/h4,8-13,21,25H,1-3,5-7H2,(H,26,27)/t21-/m0/s1. The lowest BCUT2D eigenvalue weighted by atomic mass is 9.86. The quantitative estimate of drug-likeness (QED) is 0.653. The third kappa shape index (κ3) is 2.90. The molecule has 0 spiro atoms. The zero-order valence-corrected chi connectivity index (χ0v) is 15.3. The van der Waals surface area contributed by atoms with E-state index in [0.29, 0.717) is 6.04 Å². The molecular formula is C23H22N4. The molecule has 1 atom stereocenters. The molecule has 1 heterocycles. The van der Waals surface area contributed by atoms with Crippen molar-refractivity contribution in [2.45, 2.75) is 44.6 Å². The van der Waals surface area contributed by atoms with Gasteiger partial charge in [0, 0.05) is 11.1 Å². The van der Waals surface area contributed by atoms with Gasteiger partial charge in [-0.2, -0.15) is 10.4 Å². The van der Waals surface area contributed by atoms with Gasteiger partial charge in [-0.25, -0.2) is 0 Å². The van der Waals surface area contributed by atoms with E-state index < -0.39 is 0 Å². The number of aryl methyl sites for hydroxylation is 1. The maximum atomic E-state index is 9.16. The summed E-state index contributed by atoms with van der Waals surface area (Å²) in [5, 5.41) is 21.8. The highest BCUT2D eigenvalue weighted by Crippen LogP contribution is 2.35. The lowest BCUT2D eigenvalue weighted by Crippen LogP contribution is -2.17. The summed E-state index contributed by atoms with van der Waals surface area (Å²) >= 11 is 0. The summed E-state index contributed by atoms with van der Waals surface area (Å²) in [5.74, 6) is 0. The molecule has 134 valence electrons. The molecule has 2 aliphatic rings. The minimum atomic E-state index is 0.292. The van der Waals surface area contributed by atoms with E-state index in [4.69, 9.17) is 5.26 Å². The van der Waals surface area contributed by atoms with Crippen molar-refractivity contribution < 1.29 is 0 Å². The van der Waals surface area contributed by atoms with Crippen molar-refractivity contribution in [1.82, 2.24) is 10.2 Å². The van der Waals surface area contributed by atoms with Gasteiger partial charge < -0.3 is 5.32 Å². The largest absolute Gasteiger partial charge is 0.378 e. The van der Waals surface area contributed by atoms with Crippen LogP contribution in [0.1, 0.15) is 60.5 Å². The number of nitriles is 1. The van der Waals surface area contributed by atoms with Crippen molar-refractivity contribution in [3.8, 4) is 6.07 Å². The Kier molecular flexibility index (Phi) is 3.94. The highest BCUT2D eigenvalue weighted by molar-refractivity contribution is 5.92. The van der Waals surface area contributed by atoms with Crippen LogP contribution in [0.25, 0.3) is 16.5 Å². The molecule has 4 heteroatoms. The fourth-order valence-electron chi connectivity index (χ4n) is 4.47. The molecule has 1 aromatic heterocycles. The van der Waals surface area contributed by atoms with Gasteiger partial charge in [-0.3, -0.25) is 5.10 Å². The zero-order valence-electron chi connectivity index (χ0n) is 15.3. The maximum Gasteiger partial charge on any atom is 0.0991 e. The normalized spacial score (nSPS) is 18.8. The second-order valence-electron chi connectivity index (χ2n) is 7.57. The molecule has 2 aliphatic carbocycles. The van der Waals surface area contributed by atoms with Gasteiger partial charge in [0.1, 0.15) is 0 Å². The average molecular weight is 354 g/mol. The number of hydrogen-bond donors (Lipinski definition) is 2. The topological polar surface area (TPSA) is 64.5 Å². The molecule has 0 amide bonds. The summed E-state index contributed by atoms with van der Waals surface area (Å²) in [4.78, 5) is 0. The highest BCUT2D eigenvalue weighted by atomic mass is 15.1. The third-order valence-electron chi connectivity index (χ3n) is 5.84. The Morgan fingerprint density at radius 1 is 1.11 bits per heavy atom. The molecule has 27 heavy (non-hydrogen) atoms. The van der Waals surface area contributed by atoms with E-state index in [1.807, 2.05) is 12.1 Å². The molecule has 4 nitrogen and oxygen atoms in total. The van der Waals surface area contributed by atoms with E-state index in [1.165, 1.54) is 28.5 Å². The van der Waals surface area contributed by atoms with E-state index in [0.717, 1.165) is 54.6 Å². The summed E-state index contributed by atoms with van der Waals surface area (Å²) in [5.41, 5.74) is 8.07. The number of H-pyrrole nitrogens is 1. The van der Waals surface area contributed by atoms with Gasteiger partial charge in [0.15, 0.2) is 0 Å². The van der Waals surface area contributed by atoms with Gasteiger partial charge >= 0.3 is 0 Å². The van der Waals surface area contributed by atoms with Gasteiger partial charge in [-0.15, -0.1) is 0 Å². The Morgan fingerprint density at radius 3 is 2.93 bits per heavy atom. The Bertz CT molecular complexity index is 1080. The Hall–Kier alpha value is -3.06. The molecule has 0 saturated heterocycles. The Morgan fingerprint density at radius 2 is 2.07 bits per heavy atom. The van der Waals surface area contributed by atoms with Gasteiger partial charge in [-0.1, -0.05) is 12.1 Å². The molecule has 0 unspecified atom stereocenters. The third-order valence-corrected chi connectivity index (χ3v) is 5.84. The summed E-state index contributed by atoms with van der Waals surface area (Å²) in [6.07, 6.45) is 9.14. The molecule has 2 N–H and O–H groups in total. The van der Waals surface area contributed by atoms with Crippen LogP contribution in [0.2, 0.25) is 0 Å². The van der Waals surface area contributed by atoms with E-state index in [1.54, 1.807) is 0 Å². The van der Waals surface area contributed by atoms with E-state index in [-0.39, 0.29) is 0 Å². The van der Waals surface area contributed by atoms with E-state index in [2.05, 4.69) is 51.9 Å². The van der Waals surface area contributed by atoms with Crippen LogP contribution < -0.4 is 5.32 Å². The van der Waals surface area contributed by atoms with Crippen LogP contribution in [0.5, 0.6) is 0 Å². The first-order valence-corrected chi connectivity index (χ1v) is 9.79. The maximum absolute atomic E-state index is 9.16. The number of allylic oxidation sites excluding steroid dienone is 2. The molecule has 0 aliphatic heterocycles. The van der Waals surface area contributed by atoms with E-state index in [9.17, 15) is 0 Å². The van der Waals surface area contributed by atoms with E-state index >= 15 is 0 Å². The smallest absolute Gasteiger partial charge is 0.0991 e. The lowest BCUT2D eigenvalue weighted by Gasteiger charge is -2.27. The fraction of sp³-hybridized carbons (Fsp3) is 0.304. The monoisotopic (exact) mass is 354 g/mol. The average Bonchev–Trinajstić information content (AvgIpc) is 3.37. The van der Waals surface area contributed by atoms with Crippen LogP contribution in [-0.4, -0.2) is 10.2 Å². The first-order chi connectivity index (χ1) is 13.3. The Balaban J connectivity index is 1.47. The first kappa shape index (κ1) is 16.1. The molecule has 5 rings (SSSR count). The molecular weight excluding hydrogens is 332 g/mol.